The van der Waals surface area contributed by atoms with Gasteiger partial charge in [-0.3, -0.25) is 9.59 Å². The summed E-state index contributed by atoms with van der Waals surface area (Å²) >= 11 is 0. The Labute approximate surface area is 95.7 Å². The van der Waals surface area contributed by atoms with Crippen LogP contribution >= 0.6 is 15.8 Å². The molecule has 0 N–H and O–H groups in total. The molecular weight excluding hydrogens is 249 g/mol. The summed E-state index contributed by atoms with van der Waals surface area (Å²) in [5.41, 5.74) is 0. The minimum Gasteiger partial charge on any atom is -0.281 e. The van der Waals surface area contributed by atoms with Gasteiger partial charge in [0.15, 0.2) is 0 Å². The third-order valence-electron chi connectivity index (χ3n) is 0. The van der Waals surface area contributed by atoms with Crippen LogP contribution in [0, 0.1) is 0 Å². The van der Waals surface area contributed by atoms with Gasteiger partial charge < -0.3 is 0 Å². The van der Waals surface area contributed by atoms with Gasteiger partial charge in [-0.15, -0.1) is 15.8 Å². The Kier molecular flexibility index (Phi) is 87.0. The molecule has 0 aromatic carbocycles. The van der Waals surface area contributed by atoms with Crippen molar-refractivity contribution in [2.45, 2.75) is 0 Å². The van der Waals surface area contributed by atoms with Crippen LogP contribution in [-0.4, -0.2) is 53.6 Å². The van der Waals surface area contributed by atoms with Gasteiger partial charge in [-0.05, 0) is 40.0 Å². The first kappa shape index (κ1) is 29.2. The molecule has 2 nitrogen and oxygen atoms in total. The topological polar surface area (TPSA) is 34.1 Å². The van der Waals surface area contributed by atoms with Gasteiger partial charge in [0.25, 0.3) is 13.6 Å². The van der Waals surface area contributed by atoms with E-state index in [4.69, 9.17) is 9.59 Å². The van der Waals surface area contributed by atoms with Gasteiger partial charge in [-0.2, -0.15) is 0 Å². The van der Waals surface area contributed by atoms with E-state index < -0.39 is 0 Å². The van der Waals surface area contributed by atoms with Crippen LogP contribution in [0.25, 0.3) is 0 Å². The van der Waals surface area contributed by atoms with Crippen molar-refractivity contribution in [3.05, 3.63) is 0 Å². The van der Waals surface area contributed by atoms with E-state index in [9.17, 15) is 0 Å². The summed E-state index contributed by atoms with van der Waals surface area (Å²) in [5, 5.41) is 0. The summed E-state index contributed by atoms with van der Waals surface area (Å²) in [6, 6.07) is 0. The Balaban J connectivity index is -0.0000000226. The summed E-state index contributed by atoms with van der Waals surface area (Å²) in [4.78, 5) is 15.0. The summed E-state index contributed by atoms with van der Waals surface area (Å²) < 4.78 is 0. The smallest absolute Gasteiger partial charge is 0.281 e. The van der Waals surface area contributed by atoms with E-state index in [0.29, 0.717) is 15.8 Å². The summed E-state index contributed by atoms with van der Waals surface area (Å²) in [7, 11) is 0.759. The molecule has 0 saturated heterocycles. The van der Waals surface area contributed by atoms with Crippen molar-refractivity contribution in [1.29, 1.82) is 0 Å². The third kappa shape index (κ3) is 3020. The number of hydrogen-bond acceptors (Lipinski definition) is 2. The van der Waals surface area contributed by atoms with E-state index in [0.717, 1.165) is 0 Å². The molecule has 0 aliphatic rings. The molecule has 82 valence electrons. The van der Waals surface area contributed by atoms with E-state index in [1.54, 1.807) is 0 Å². The first-order valence-electron chi connectivity index (χ1n) is 3.09. The van der Waals surface area contributed by atoms with Crippen LogP contribution in [0.2, 0.25) is 0 Å². The predicted molar refractivity (Wildman–Crippen MR) is 60.8 cm³/mol. The van der Waals surface area contributed by atoms with Gasteiger partial charge in [0.2, 0.25) is 0 Å². The van der Waals surface area contributed by atoms with Crippen LogP contribution in [0.3, 0.4) is 0 Å². The van der Waals surface area contributed by atoms with Crippen molar-refractivity contribution < 1.29 is 26.1 Å². The first-order valence-corrected chi connectivity index (χ1v) is 8.46. The fraction of sp³-hybridized carbons (Fsp3) is 0.750. The van der Waals surface area contributed by atoms with E-state index in [-0.39, 0.29) is 16.5 Å². The second-order valence-corrected chi connectivity index (χ2v) is 8.05. The molecule has 0 aromatic heterocycles. The van der Waals surface area contributed by atoms with Gasteiger partial charge in [-0.1, -0.05) is 0 Å². The minimum atomic E-state index is 0. The molecule has 0 aliphatic heterocycles. The molecule has 0 fully saturated rings. The summed E-state index contributed by atoms with van der Waals surface area (Å²) in [6.45, 7) is 22.4. The molecule has 0 unspecified atom stereocenters. The van der Waals surface area contributed by atoms with Crippen LogP contribution in [0.5, 0.6) is 0 Å². The molecule has 0 heterocycles. The van der Waals surface area contributed by atoms with Crippen LogP contribution in [-0.2, 0) is 26.1 Å². The van der Waals surface area contributed by atoms with E-state index >= 15 is 0 Å². The molecule has 0 aliphatic carbocycles. The van der Waals surface area contributed by atoms with E-state index in [2.05, 4.69) is 53.6 Å². The molecule has 0 atom stereocenters. The first-order chi connectivity index (χ1) is 5.46. The van der Waals surface area contributed by atoms with Gasteiger partial charge in [0.1, 0.15) is 0 Å². The Bertz CT molecular complexity index is 50.6. The molecule has 13 heavy (non-hydrogen) atoms. The van der Waals surface area contributed by atoms with Gasteiger partial charge in [0.05, 0.1) is 0 Å². The van der Waals surface area contributed by atoms with Crippen molar-refractivity contribution in [1.82, 2.24) is 0 Å². The van der Waals surface area contributed by atoms with Crippen molar-refractivity contribution in [2.75, 3.05) is 40.0 Å². The SMILES string of the molecule is CP(C)C.CP(C)C.[C]=O.[C]=O.[Ni]. The zero-order chi connectivity index (χ0) is 11.2. The molecule has 4 radical (unpaired) electrons. The van der Waals surface area contributed by atoms with Crippen LogP contribution in [0.1, 0.15) is 0 Å². The third-order valence-corrected chi connectivity index (χ3v) is 0. The van der Waals surface area contributed by atoms with Gasteiger partial charge >= 0.3 is 0 Å². The zero-order valence-corrected chi connectivity index (χ0v) is 11.8. The number of carbonyl (C=O) groups excluding carboxylic acids is 2. The zero-order valence-electron chi connectivity index (χ0n) is 9.03. The maximum atomic E-state index is 7.50. The molecule has 0 aromatic rings. The Morgan fingerprint density at radius 2 is 0.615 bits per heavy atom. The fourth-order valence-corrected chi connectivity index (χ4v) is 0. The Morgan fingerprint density at radius 1 is 0.615 bits per heavy atom. The fourth-order valence-electron chi connectivity index (χ4n) is 0. The van der Waals surface area contributed by atoms with Crippen LogP contribution in [0.15, 0.2) is 0 Å². The normalized spacial score (nSPS) is 6.15. The van der Waals surface area contributed by atoms with Crippen molar-refractivity contribution in [3.63, 3.8) is 0 Å². The van der Waals surface area contributed by atoms with E-state index in [1.165, 1.54) is 0 Å². The molecule has 0 amide bonds. The summed E-state index contributed by atoms with van der Waals surface area (Å²) in [5.74, 6) is 0. The second-order valence-electron chi connectivity index (χ2n) is 2.68. The van der Waals surface area contributed by atoms with Gasteiger partial charge in [-0.25, -0.2) is 0 Å². The molecule has 0 saturated carbocycles. The van der Waals surface area contributed by atoms with Crippen molar-refractivity contribution >= 4 is 29.4 Å². The largest absolute Gasteiger partial charge is 0.281 e. The molecule has 0 bridgehead atoms. The van der Waals surface area contributed by atoms with Crippen LogP contribution in [0.4, 0.5) is 0 Å². The Hall–Kier alpha value is 0.694. The number of hydrogen-bond donors (Lipinski definition) is 0. The average Bonchev–Trinajstić information content (AvgIpc) is 1.93. The molecule has 5 heteroatoms. The molecular formula is C8H18NiO2P2. The van der Waals surface area contributed by atoms with E-state index in [1.807, 2.05) is 0 Å². The maximum Gasteiger partial charge on any atom is 0.281 e. The average molecular weight is 267 g/mol. The standard InChI is InChI=1S/2C3H9P.2CO.Ni/c2*1-4(2)3;2*1-2;/h2*1-3H3;;;. The molecule has 0 rings (SSSR count). The predicted octanol–water partition coefficient (Wildman–Crippen LogP) is 1.92. The van der Waals surface area contributed by atoms with Crippen molar-refractivity contribution in [3.8, 4) is 0 Å². The van der Waals surface area contributed by atoms with Crippen molar-refractivity contribution in [2.24, 2.45) is 0 Å². The van der Waals surface area contributed by atoms with Gasteiger partial charge in [0, 0.05) is 16.5 Å². The Morgan fingerprint density at radius 3 is 0.615 bits per heavy atom. The van der Waals surface area contributed by atoms with Crippen LogP contribution < -0.4 is 0 Å². The summed E-state index contributed by atoms with van der Waals surface area (Å²) in [6.07, 6.45) is 0. The minimum absolute atomic E-state index is 0. The quantitative estimate of drug-likeness (QED) is 0.496. The maximum absolute atomic E-state index is 7.50. The monoisotopic (exact) mass is 266 g/mol. The number of rotatable bonds is 0. The molecule has 0 spiro atoms. The second kappa shape index (κ2) is 38.7.